The molecule has 4 heteroatoms. The topological polar surface area (TPSA) is 26.3 Å². The molecule has 0 aromatic heterocycles. The quantitative estimate of drug-likeness (QED) is 0.215. The summed E-state index contributed by atoms with van der Waals surface area (Å²) in [6.07, 6.45) is 3.91. The first kappa shape index (κ1) is 24.0. The van der Waals surface area contributed by atoms with Crippen molar-refractivity contribution in [2.24, 2.45) is 0 Å². The SMILES string of the molecule is CCOC(=O)C(/C=C\c1ccccc1)P(Cl)(c1ccccc1)(c1ccccc1)c1ccccc1. The molecule has 0 saturated carbocycles. The number of ether oxygens (including phenoxy) is 1. The van der Waals surface area contributed by atoms with E-state index in [1.807, 2.05) is 140 Å². The predicted octanol–water partition coefficient (Wildman–Crippen LogP) is 6.32. The van der Waals surface area contributed by atoms with E-state index in [0.29, 0.717) is 0 Å². The van der Waals surface area contributed by atoms with E-state index < -0.39 is 11.6 Å². The van der Waals surface area contributed by atoms with Gasteiger partial charge in [-0.15, -0.1) is 0 Å². The zero-order valence-electron chi connectivity index (χ0n) is 19.1. The van der Waals surface area contributed by atoms with Crippen LogP contribution in [0.25, 0.3) is 6.08 Å². The molecule has 0 saturated heterocycles. The Hall–Kier alpha value is -3.19. The minimum atomic E-state index is -3.93. The first-order valence-corrected chi connectivity index (χ1v) is 14.6. The number of hydrogen-bond acceptors (Lipinski definition) is 2. The molecule has 34 heavy (non-hydrogen) atoms. The van der Waals surface area contributed by atoms with Crippen LogP contribution < -0.4 is 15.9 Å². The summed E-state index contributed by atoms with van der Waals surface area (Å²) in [6.45, 7) is 2.10. The second-order valence-corrected chi connectivity index (χ2v) is 14.4. The third kappa shape index (κ3) is 4.20. The Morgan fingerprint density at radius 3 is 1.50 bits per heavy atom. The zero-order chi connectivity index (χ0) is 23.9. The molecule has 0 bridgehead atoms. The summed E-state index contributed by atoms with van der Waals surface area (Å²) >= 11 is 8.22. The average molecular weight is 487 g/mol. The van der Waals surface area contributed by atoms with Crippen molar-refractivity contribution < 1.29 is 9.53 Å². The Bertz CT molecular complexity index is 1140. The first-order chi connectivity index (χ1) is 16.6. The summed E-state index contributed by atoms with van der Waals surface area (Å²) in [5, 5.41) is 2.76. The van der Waals surface area contributed by atoms with Crippen molar-refractivity contribution in [3.63, 3.8) is 0 Å². The van der Waals surface area contributed by atoms with E-state index in [1.54, 1.807) is 0 Å². The van der Waals surface area contributed by atoms with Gasteiger partial charge in [0.2, 0.25) is 0 Å². The second kappa shape index (κ2) is 10.4. The van der Waals surface area contributed by atoms with Crippen molar-refractivity contribution >= 4 is 45.2 Å². The van der Waals surface area contributed by atoms with Gasteiger partial charge in [0, 0.05) is 0 Å². The Balaban J connectivity index is 2.11. The van der Waals surface area contributed by atoms with Crippen molar-refractivity contribution in [2.75, 3.05) is 6.61 Å². The van der Waals surface area contributed by atoms with Crippen LogP contribution in [0.4, 0.5) is 0 Å². The fourth-order valence-corrected chi connectivity index (χ4v) is 11.0. The van der Waals surface area contributed by atoms with E-state index in [0.717, 1.165) is 21.5 Å². The van der Waals surface area contributed by atoms with Crippen molar-refractivity contribution in [1.29, 1.82) is 0 Å². The van der Waals surface area contributed by atoms with Crippen molar-refractivity contribution in [2.45, 2.75) is 12.6 Å². The first-order valence-electron chi connectivity index (χ1n) is 11.4. The number of halogens is 1. The van der Waals surface area contributed by atoms with E-state index in [1.165, 1.54) is 0 Å². The predicted molar refractivity (Wildman–Crippen MR) is 147 cm³/mol. The Labute approximate surface area is 206 Å². The monoisotopic (exact) mass is 486 g/mol. The molecule has 4 aromatic rings. The number of hydrogen-bond donors (Lipinski definition) is 0. The summed E-state index contributed by atoms with van der Waals surface area (Å²) in [5.41, 5.74) is 0.257. The normalized spacial score (nSPS) is 13.6. The maximum absolute atomic E-state index is 13.8. The van der Waals surface area contributed by atoms with Gasteiger partial charge in [0.05, 0.1) is 0 Å². The molecule has 0 radical (unpaired) electrons. The summed E-state index contributed by atoms with van der Waals surface area (Å²) in [7, 11) is 0. The average Bonchev–Trinajstić information content (AvgIpc) is 2.91. The molecule has 0 aliphatic rings. The summed E-state index contributed by atoms with van der Waals surface area (Å²) in [5.74, 6) is -4.26. The molecular weight excluding hydrogens is 459 g/mol. The van der Waals surface area contributed by atoms with Gasteiger partial charge in [-0.25, -0.2) is 0 Å². The van der Waals surface area contributed by atoms with Gasteiger partial charge in [-0.2, -0.15) is 0 Å². The molecule has 4 rings (SSSR count). The molecule has 0 spiro atoms. The van der Waals surface area contributed by atoms with E-state index >= 15 is 0 Å². The van der Waals surface area contributed by atoms with E-state index in [-0.39, 0.29) is 12.6 Å². The van der Waals surface area contributed by atoms with Gasteiger partial charge < -0.3 is 0 Å². The molecule has 1 unspecified atom stereocenters. The van der Waals surface area contributed by atoms with Crippen LogP contribution in [0.5, 0.6) is 0 Å². The Morgan fingerprint density at radius 2 is 1.12 bits per heavy atom. The number of rotatable bonds is 8. The third-order valence-electron chi connectivity index (χ3n) is 6.10. The van der Waals surface area contributed by atoms with Crippen molar-refractivity contribution in [3.05, 3.63) is 133 Å². The molecule has 172 valence electrons. The molecule has 0 aliphatic carbocycles. The minimum absolute atomic E-state index is 0.274. The molecule has 0 fully saturated rings. The molecular formula is C30H28ClO2P. The van der Waals surface area contributed by atoms with Gasteiger partial charge in [0.1, 0.15) is 0 Å². The molecule has 0 N–H and O–H groups in total. The second-order valence-electron chi connectivity index (χ2n) is 8.05. The fourth-order valence-electron chi connectivity index (χ4n) is 4.52. The van der Waals surface area contributed by atoms with Gasteiger partial charge in [0.15, 0.2) is 0 Å². The number of carbonyl (C=O) groups excluding carboxylic acids is 1. The molecule has 0 aliphatic heterocycles. The van der Waals surface area contributed by atoms with Gasteiger partial charge in [-0.3, -0.25) is 0 Å². The molecule has 4 aromatic carbocycles. The number of carbonyl (C=O) groups is 1. The van der Waals surface area contributed by atoms with Gasteiger partial charge in [-0.1, -0.05) is 0 Å². The number of benzene rings is 4. The van der Waals surface area contributed by atoms with Crippen LogP contribution in [0.2, 0.25) is 0 Å². The maximum atomic E-state index is 13.8. The number of esters is 1. The van der Waals surface area contributed by atoms with Crippen LogP contribution >= 0.6 is 17.2 Å². The van der Waals surface area contributed by atoms with Gasteiger partial charge in [-0.05, 0) is 0 Å². The van der Waals surface area contributed by atoms with Gasteiger partial charge in [0.25, 0.3) is 0 Å². The van der Waals surface area contributed by atoms with Crippen molar-refractivity contribution in [1.82, 2.24) is 0 Å². The van der Waals surface area contributed by atoms with Crippen LogP contribution in [0.15, 0.2) is 127 Å². The van der Waals surface area contributed by atoms with E-state index in [2.05, 4.69) is 0 Å². The molecule has 1 atom stereocenters. The van der Waals surface area contributed by atoms with Crippen LogP contribution in [-0.2, 0) is 9.53 Å². The zero-order valence-corrected chi connectivity index (χ0v) is 20.8. The van der Waals surface area contributed by atoms with Gasteiger partial charge >= 0.3 is 207 Å². The fraction of sp³-hybridized carbons (Fsp3) is 0.100. The summed E-state index contributed by atoms with van der Waals surface area (Å²) < 4.78 is 5.69. The van der Waals surface area contributed by atoms with E-state index in [9.17, 15) is 4.79 Å². The van der Waals surface area contributed by atoms with E-state index in [4.69, 9.17) is 16.0 Å². The Morgan fingerprint density at radius 1 is 0.735 bits per heavy atom. The summed E-state index contributed by atoms with van der Waals surface area (Å²) in [4.78, 5) is 13.8. The van der Waals surface area contributed by atoms with Crippen LogP contribution in [-0.4, -0.2) is 18.2 Å². The third-order valence-corrected chi connectivity index (χ3v) is 13.8. The van der Waals surface area contributed by atoms with Crippen LogP contribution in [0, 0.1) is 0 Å². The molecule has 2 nitrogen and oxygen atoms in total. The standard InChI is InChI=1S/C30H28ClO2P/c1-2-33-30(32)29(24-23-25-15-7-3-8-16-25)34(31,26-17-9-4-10-18-26,27-19-11-5-12-20-27)28-21-13-6-14-22-28/h3-24,29H,2H2,1H3/b24-23-. The Kier molecular flexibility index (Phi) is 7.32. The molecule has 0 amide bonds. The van der Waals surface area contributed by atoms with Crippen molar-refractivity contribution in [3.8, 4) is 0 Å². The summed E-state index contributed by atoms with van der Waals surface area (Å²) in [6, 6.07) is 39.9. The van der Waals surface area contributed by atoms with Crippen LogP contribution in [0.1, 0.15) is 12.5 Å². The van der Waals surface area contributed by atoms with Crippen LogP contribution in [0.3, 0.4) is 0 Å². The molecule has 0 heterocycles.